The van der Waals surface area contributed by atoms with Gasteiger partial charge in [0, 0.05) is 31.6 Å². The molecule has 37 heavy (non-hydrogen) atoms. The highest BCUT2D eigenvalue weighted by Crippen LogP contribution is 2.32. The summed E-state index contributed by atoms with van der Waals surface area (Å²) < 4.78 is 28.6. The van der Waals surface area contributed by atoms with Gasteiger partial charge in [0.15, 0.2) is 11.6 Å². The second-order valence-electron chi connectivity index (χ2n) is 9.40. The quantitative estimate of drug-likeness (QED) is 0.447. The lowest BCUT2D eigenvalue weighted by molar-refractivity contribution is 0.0746. The highest BCUT2D eigenvalue weighted by Gasteiger charge is 2.28. The molecule has 2 aliphatic heterocycles. The molecule has 6 rings (SSSR count). The number of anilines is 1. The van der Waals surface area contributed by atoms with Crippen LogP contribution in [0.25, 0.3) is 22.0 Å². The van der Waals surface area contributed by atoms with Crippen LogP contribution in [-0.2, 0) is 13.1 Å². The van der Waals surface area contributed by atoms with Crippen LogP contribution in [0.3, 0.4) is 0 Å². The number of amides is 2. The van der Waals surface area contributed by atoms with Crippen LogP contribution in [0.15, 0.2) is 54.6 Å². The summed E-state index contributed by atoms with van der Waals surface area (Å²) in [6, 6.07) is 14.7. The summed E-state index contributed by atoms with van der Waals surface area (Å²) in [5.74, 6) is -2.87. The van der Waals surface area contributed by atoms with Crippen molar-refractivity contribution in [2.24, 2.45) is 0 Å². The van der Waals surface area contributed by atoms with Crippen molar-refractivity contribution >= 4 is 28.7 Å². The topological polar surface area (TPSA) is 92.4 Å². The minimum atomic E-state index is -1.09. The van der Waals surface area contributed by atoms with E-state index in [2.05, 4.69) is 9.97 Å². The molecule has 4 aromatic rings. The number of fused-ring (bicyclic) bond motifs is 2. The third kappa shape index (κ3) is 4.06. The van der Waals surface area contributed by atoms with Crippen LogP contribution in [0.5, 0.6) is 0 Å². The summed E-state index contributed by atoms with van der Waals surface area (Å²) in [6.45, 7) is 2.02. The van der Waals surface area contributed by atoms with E-state index in [0.717, 1.165) is 36.1 Å². The van der Waals surface area contributed by atoms with Gasteiger partial charge in [-0.3, -0.25) is 9.59 Å². The predicted molar refractivity (Wildman–Crippen MR) is 134 cm³/mol. The number of carbonyl (C=O) groups is 2. The van der Waals surface area contributed by atoms with Gasteiger partial charge >= 0.3 is 0 Å². The number of likely N-dealkylation sites (tertiary alicyclic amines) is 1. The van der Waals surface area contributed by atoms with Crippen LogP contribution >= 0.6 is 0 Å². The number of nitrogens with two attached hydrogens (primary N) is 1. The van der Waals surface area contributed by atoms with E-state index in [1.807, 2.05) is 24.3 Å². The highest BCUT2D eigenvalue weighted by molar-refractivity contribution is 6.07. The maximum atomic E-state index is 14.4. The number of aromatic nitrogens is 2. The van der Waals surface area contributed by atoms with Crippen LogP contribution in [0, 0.1) is 11.6 Å². The Balaban J connectivity index is 1.45. The maximum Gasteiger partial charge on any atom is 0.273 e. The maximum absolute atomic E-state index is 14.4. The van der Waals surface area contributed by atoms with Gasteiger partial charge in [0.25, 0.3) is 11.8 Å². The minimum absolute atomic E-state index is 0.0435. The van der Waals surface area contributed by atoms with Crippen LogP contribution < -0.4 is 5.73 Å². The molecule has 2 aliphatic rings. The number of rotatable bonds is 3. The van der Waals surface area contributed by atoms with E-state index in [0.29, 0.717) is 42.6 Å². The Bertz CT molecular complexity index is 1560. The first-order valence-electron chi connectivity index (χ1n) is 12.1. The molecule has 1 saturated heterocycles. The molecule has 0 saturated carbocycles. The molecule has 7 nitrogen and oxygen atoms in total. The molecule has 0 radical (unpaired) electrons. The van der Waals surface area contributed by atoms with Gasteiger partial charge in [0.05, 0.1) is 11.1 Å². The predicted octanol–water partition coefficient (Wildman–Crippen LogP) is 4.55. The Hall–Kier alpha value is -4.40. The lowest BCUT2D eigenvalue weighted by atomic mass is 9.96. The summed E-state index contributed by atoms with van der Waals surface area (Å²) in [7, 11) is 0. The normalized spacial score (nSPS) is 14.9. The van der Waals surface area contributed by atoms with Gasteiger partial charge in [0.1, 0.15) is 5.69 Å². The fraction of sp³-hybridized carbons (Fsp3) is 0.214. The van der Waals surface area contributed by atoms with Crippen molar-refractivity contribution in [1.29, 1.82) is 0 Å². The molecule has 0 aliphatic carbocycles. The van der Waals surface area contributed by atoms with Crippen molar-refractivity contribution in [1.82, 2.24) is 19.8 Å². The standard InChI is InChI=1S/C28H23F2N5O2/c29-22-12-19(20(13-23(22)30)26(36)34-9-3-4-10-34)16-7-8-24-21(11-16)25(33-28(31)32-24)27(37)35-14-17-5-1-2-6-18(17)15-35/h1-2,5-8,11-13H,3-4,9-10,14-15H2,(H2,31,32,33). The number of nitrogens with zero attached hydrogens (tertiary/aromatic N) is 4. The molecule has 0 atom stereocenters. The van der Waals surface area contributed by atoms with Crippen LogP contribution in [0.2, 0.25) is 0 Å². The number of hydrogen-bond acceptors (Lipinski definition) is 5. The van der Waals surface area contributed by atoms with Crippen molar-refractivity contribution in [2.75, 3.05) is 18.8 Å². The summed E-state index contributed by atoms with van der Waals surface area (Å²) >= 11 is 0. The van der Waals surface area contributed by atoms with Crippen LogP contribution in [0.4, 0.5) is 14.7 Å². The van der Waals surface area contributed by atoms with Crippen LogP contribution in [0.1, 0.15) is 44.8 Å². The number of halogens is 2. The zero-order valence-electron chi connectivity index (χ0n) is 19.9. The third-order valence-corrected chi connectivity index (χ3v) is 7.04. The molecule has 3 aromatic carbocycles. The molecule has 0 spiro atoms. The van der Waals surface area contributed by atoms with Crippen molar-refractivity contribution in [3.05, 3.63) is 88.6 Å². The van der Waals surface area contributed by atoms with Gasteiger partial charge in [-0.2, -0.15) is 0 Å². The first-order chi connectivity index (χ1) is 17.9. The molecule has 3 heterocycles. The highest BCUT2D eigenvalue weighted by atomic mass is 19.2. The average molecular weight is 500 g/mol. The van der Waals surface area contributed by atoms with Crippen molar-refractivity contribution in [3.63, 3.8) is 0 Å². The van der Waals surface area contributed by atoms with E-state index in [1.54, 1.807) is 28.0 Å². The minimum Gasteiger partial charge on any atom is -0.368 e. The van der Waals surface area contributed by atoms with E-state index >= 15 is 0 Å². The van der Waals surface area contributed by atoms with Gasteiger partial charge in [-0.15, -0.1) is 0 Å². The Labute approximate surface area is 211 Å². The fourth-order valence-electron chi connectivity index (χ4n) is 5.16. The molecule has 186 valence electrons. The molecular weight excluding hydrogens is 476 g/mol. The summed E-state index contributed by atoms with van der Waals surface area (Å²) in [4.78, 5) is 38.6. The molecule has 9 heteroatoms. The lowest BCUT2D eigenvalue weighted by Crippen LogP contribution is -2.28. The summed E-state index contributed by atoms with van der Waals surface area (Å²) in [5, 5.41) is 0.414. The first kappa shape index (κ1) is 23.0. The Morgan fingerprint density at radius 3 is 2.19 bits per heavy atom. The summed E-state index contributed by atoms with van der Waals surface area (Å²) in [6.07, 6.45) is 1.73. The smallest absolute Gasteiger partial charge is 0.273 e. The van der Waals surface area contributed by atoms with Crippen molar-refractivity contribution in [2.45, 2.75) is 25.9 Å². The molecular formula is C28H23F2N5O2. The molecule has 0 unspecified atom stereocenters. The third-order valence-electron chi connectivity index (χ3n) is 7.04. The second kappa shape index (κ2) is 8.92. The van der Waals surface area contributed by atoms with Gasteiger partial charge < -0.3 is 15.5 Å². The molecule has 1 fully saturated rings. The molecule has 2 N–H and O–H groups in total. The Kier molecular flexibility index (Phi) is 5.55. The van der Waals surface area contributed by atoms with Gasteiger partial charge in [-0.05, 0) is 59.4 Å². The number of hydrogen-bond donors (Lipinski definition) is 1. The zero-order chi connectivity index (χ0) is 25.7. The molecule has 2 amide bonds. The number of carbonyl (C=O) groups excluding carboxylic acids is 2. The van der Waals surface area contributed by atoms with Crippen molar-refractivity contribution < 1.29 is 18.4 Å². The van der Waals surface area contributed by atoms with E-state index in [-0.39, 0.29) is 34.6 Å². The van der Waals surface area contributed by atoms with E-state index < -0.39 is 11.6 Å². The van der Waals surface area contributed by atoms with Crippen LogP contribution in [-0.4, -0.2) is 44.7 Å². The van der Waals surface area contributed by atoms with E-state index in [1.165, 1.54) is 0 Å². The molecule has 1 aromatic heterocycles. The summed E-state index contributed by atoms with van der Waals surface area (Å²) in [5.41, 5.74) is 9.37. The number of nitrogen functional groups attached to an aromatic ring is 1. The largest absolute Gasteiger partial charge is 0.368 e. The Morgan fingerprint density at radius 1 is 0.811 bits per heavy atom. The fourth-order valence-corrected chi connectivity index (χ4v) is 5.16. The van der Waals surface area contributed by atoms with Crippen molar-refractivity contribution in [3.8, 4) is 11.1 Å². The molecule has 0 bridgehead atoms. The monoisotopic (exact) mass is 499 g/mol. The average Bonchev–Trinajstić information content (AvgIpc) is 3.59. The SMILES string of the molecule is Nc1nc(C(=O)N2Cc3ccccc3C2)c2cc(-c3cc(F)c(F)cc3C(=O)N3CCCC3)ccc2n1. The first-order valence-corrected chi connectivity index (χ1v) is 12.1. The van der Waals surface area contributed by atoms with E-state index in [9.17, 15) is 18.4 Å². The van der Waals surface area contributed by atoms with Gasteiger partial charge in [-0.1, -0.05) is 30.3 Å². The number of benzene rings is 3. The van der Waals surface area contributed by atoms with E-state index in [4.69, 9.17) is 5.73 Å². The van der Waals surface area contributed by atoms with Gasteiger partial charge in [0.2, 0.25) is 5.95 Å². The van der Waals surface area contributed by atoms with Gasteiger partial charge in [-0.25, -0.2) is 18.7 Å². The Morgan fingerprint density at radius 2 is 1.49 bits per heavy atom. The lowest BCUT2D eigenvalue weighted by Gasteiger charge is -2.19. The second-order valence-corrected chi connectivity index (χ2v) is 9.40. The zero-order valence-corrected chi connectivity index (χ0v) is 19.9.